The van der Waals surface area contributed by atoms with Gasteiger partial charge in [0, 0.05) is 19.4 Å². The summed E-state index contributed by atoms with van der Waals surface area (Å²) in [5, 5.41) is 6.80. The van der Waals surface area contributed by atoms with Gasteiger partial charge in [-0.25, -0.2) is 0 Å². The zero-order valence-electron chi connectivity index (χ0n) is 13.9. The van der Waals surface area contributed by atoms with E-state index in [-0.39, 0.29) is 5.91 Å². The summed E-state index contributed by atoms with van der Waals surface area (Å²) in [6, 6.07) is 3.53. The van der Waals surface area contributed by atoms with Gasteiger partial charge in [-0.3, -0.25) is 4.79 Å². The summed E-state index contributed by atoms with van der Waals surface area (Å²) >= 11 is 0. The fourth-order valence-electron chi connectivity index (χ4n) is 2.88. The molecule has 1 saturated heterocycles. The van der Waals surface area contributed by atoms with Crippen LogP contribution >= 0.6 is 0 Å². The molecule has 130 valence electrons. The van der Waals surface area contributed by atoms with Crippen LogP contribution in [0, 0.1) is 0 Å². The summed E-state index contributed by atoms with van der Waals surface area (Å²) in [7, 11) is 0. The maximum Gasteiger partial charge on any atom is 0.238 e. The number of nitrogens with zero attached hydrogens (tertiary/aromatic N) is 3. The van der Waals surface area contributed by atoms with E-state index in [4.69, 9.17) is 8.94 Å². The van der Waals surface area contributed by atoms with Crippen LogP contribution in [0.5, 0.6) is 0 Å². The number of carbonyl (C=O) groups excluding carboxylic acids is 1. The first-order valence-electron chi connectivity index (χ1n) is 8.67. The van der Waals surface area contributed by atoms with Crippen LogP contribution in [0.25, 0.3) is 11.6 Å². The zero-order chi connectivity index (χ0) is 16.6. The van der Waals surface area contributed by atoms with Crippen molar-refractivity contribution in [1.29, 1.82) is 0 Å². The summed E-state index contributed by atoms with van der Waals surface area (Å²) in [5.74, 6) is 1.44. The number of amides is 1. The van der Waals surface area contributed by atoms with Crippen LogP contribution in [0.15, 0.2) is 27.3 Å². The molecule has 1 aliphatic heterocycles. The van der Waals surface area contributed by atoms with Gasteiger partial charge >= 0.3 is 0 Å². The number of likely N-dealkylation sites (tertiary alicyclic amines) is 1. The summed E-state index contributed by atoms with van der Waals surface area (Å²) in [4.78, 5) is 18.6. The summed E-state index contributed by atoms with van der Waals surface area (Å²) < 4.78 is 10.3. The highest BCUT2D eigenvalue weighted by Gasteiger charge is 2.12. The van der Waals surface area contributed by atoms with Crippen molar-refractivity contribution in [2.75, 3.05) is 26.2 Å². The minimum atomic E-state index is 0.0198. The molecule has 24 heavy (non-hydrogen) atoms. The Balaban J connectivity index is 1.31. The highest BCUT2D eigenvalue weighted by molar-refractivity contribution is 5.75. The van der Waals surface area contributed by atoms with Crippen LogP contribution < -0.4 is 5.32 Å². The molecule has 0 saturated carbocycles. The van der Waals surface area contributed by atoms with Crippen molar-refractivity contribution < 1.29 is 13.7 Å². The van der Waals surface area contributed by atoms with Crippen molar-refractivity contribution in [1.82, 2.24) is 20.4 Å². The number of aromatic nitrogens is 2. The average molecular weight is 332 g/mol. The van der Waals surface area contributed by atoms with Gasteiger partial charge in [-0.15, -0.1) is 0 Å². The lowest BCUT2D eigenvalue weighted by Crippen LogP contribution is -2.33. The first-order chi connectivity index (χ1) is 11.8. The summed E-state index contributed by atoms with van der Waals surface area (Å²) in [5.41, 5.74) is 0. The molecule has 2 aromatic heterocycles. The van der Waals surface area contributed by atoms with Crippen LogP contribution in [-0.2, 0) is 11.2 Å². The van der Waals surface area contributed by atoms with Crippen LogP contribution in [0.1, 0.15) is 38.0 Å². The van der Waals surface area contributed by atoms with E-state index in [0.717, 1.165) is 19.5 Å². The van der Waals surface area contributed by atoms with Gasteiger partial charge in [-0.05, 0) is 51.0 Å². The van der Waals surface area contributed by atoms with Gasteiger partial charge in [0.15, 0.2) is 5.76 Å². The summed E-state index contributed by atoms with van der Waals surface area (Å²) in [6.45, 7) is 4.18. The minimum absolute atomic E-state index is 0.0198. The van der Waals surface area contributed by atoms with Crippen molar-refractivity contribution in [2.45, 2.75) is 38.5 Å². The van der Waals surface area contributed by atoms with Crippen LogP contribution in [0.3, 0.4) is 0 Å². The Kier molecular flexibility index (Phi) is 6.01. The van der Waals surface area contributed by atoms with Crippen molar-refractivity contribution in [3.05, 3.63) is 24.3 Å². The molecule has 0 unspecified atom stereocenters. The fraction of sp³-hybridized carbons (Fsp3) is 0.588. The van der Waals surface area contributed by atoms with Crippen molar-refractivity contribution >= 4 is 5.91 Å². The molecular weight excluding hydrogens is 308 g/mol. The van der Waals surface area contributed by atoms with E-state index in [2.05, 4.69) is 20.4 Å². The molecule has 7 nitrogen and oxygen atoms in total. The topological polar surface area (TPSA) is 84.4 Å². The quantitative estimate of drug-likeness (QED) is 0.746. The first-order valence-corrected chi connectivity index (χ1v) is 8.67. The fourth-order valence-corrected chi connectivity index (χ4v) is 2.88. The molecular formula is C17H24N4O3. The van der Waals surface area contributed by atoms with Crippen LogP contribution in [0.2, 0.25) is 0 Å². The third-order valence-corrected chi connectivity index (χ3v) is 4.20. The molecule has 3 rings (SSSR count). The number of piperidine rings is 1. The number of nitrogens with one attached hydrogen (secondary N) is 1. The van der Waals surface area contributed by atoms with Crippen molar-refractivity contribution in [2.24, 2.45) is 0 Å². The normalized spacial score (nSPS) is 15.5. The second-order valence-electron chi connectivity index (χ2n) is 6.09. The first kappa shape index (κ1) is 16.7. The molecule has 0 radical (unpaired) electrons. The molecule has 1 amide bonds. The largest absolute Gasteiger partial charge is 0.461 e. The lowest BCUT2D eigenvalue weighted by Gasteiger charge is -2.26. The molecule has 1 N–H and O–H groups in total. The number of furan rings is 1. The molecule has 0 aliphatic carbocycles. The Morgan fingerprint density at radius 1 is 1.29 bits per heavy atom. The summed E-state index contributed by atoms with van der Waals surface area (Å²) in [6.07, 6.45) is 7.30. The highest BCUT2D eigenvalue weighted by atomic mass is 16.5. The molecule has 1 aliphatic rings. The molecule has 0 spiro atoms. The van der Waals surface area contributed by atoms with Crippen LogP contribution in [-0.4, -0.2) is 47.1 Å². The monoisotopic (exact) mass is 332 g/mol. The van der Waals surface area contributed by atoms with Gasteiger partial charge in [0.05, 0.1) is 6.26 Å². The van der Waals surface area contributed by atoms with Gasteiger partial charge in [-0.2, -0.15) is 4.98 Å². The smallest absolute Gasteiger partial charge is 0.238 e. The molecule has 0 aromatic carbocycles. The SMILES string of the molecule is O=C(CCc1nc(-c2ccco2)no1)NCCCN1CCCCC1. The number of hydrogen-bond donors (Lipinski definition) is 1. The molecule has 7 heteroatoms. The minimum Gasteiger partial charge on any atom is -0.461 e. The lowest BCUT2D eigenvalue weighted by molar-refractivity contribution is -0.121. The number of hydrogen-bond acceptors (Lipinski definition) is 6. The van der Waals surface area contributed by atoms with Gasteiger partial charge in [0.2, 0.25) is 17.6 Å². The third kappa shape index (κ3) is 4.92. The number of carbonyl (C=O) groups is 1. The Hall–Kier alpha value is -2.15. The maximum absolute atomic E-state index is 11.9. The standard InChI is InChI=1S/C17H24N4O3/c22-15(18-9-5-12-21-10-2-1-3-11-21)7-8-16-19-17(20-24-16)14-6-4-13-23-14/h4,6,13H,1-3,5,7-12H2,(H,18,22). The van der Waals surface area contributed by atoms with E-state index in [1.807, 2.05) is 0 Å². The molecule has 2 aromatic rings. The Morgan fingerprint density at radius 3 is 2.96 bits per heavy atom. The van der Waals surface area contributed by atoms with Gasteiger partial charge in [0.1, 0.15) is 0 Å². The van der Waals surface area contributed by atoms with Gasteiger partial charge in [-0.1, -0.05) is 11.6 Å². The molecule has 3 heterocycles. The van der Waals surface area contributed by atoms with E-state index >= 15 is 0 Å². The Bertz CT molecular complexity index is 618. The van der Waals surface area contributed by atoms with E-state index in [0.29, 0.717) is 30.3 Å². The van der Waals surface area contributed by atoms with Crippen LogP contribution in [0.4, 0.5) is 0 Å². The van der Waals surface area contributed by atoms with E-state index in [1.54, 1.807) is 18.4 Å². The molecule has 1 fully saturated rings. The Morgan fingerprint density at radius 2 is 2.17 bits per heavy atom. The lowest BCUT2D eigenvalue weighted by atomic mass is 10.1. The van der Waals surface area contributed by atoms with Crippen molar-refractivity contribution in [3.8, 4) is 11.6 Å². The van der Waals surface area contributed by atoms with E-state index < -0.39 is 0 Å². The zero-order valence-corrected chi connectivity index (χ0v) is 13.9. The van der Waals surface area contributed by atoms with E-state index in [9.17, 15) is 4.79 Å². The predicted molar refractivity (Wildman–Crippen MR) is 88.2 cm³/mol. The molecule has 0 bridgehead atoms. The predicted octanol–water partition coefficient (Wildman–Crippen LogP) is 2.25. The number of rotatable bonds is 8. The third-order valence-electron chi connectivity index (χ3n) is 4.20. The average Bonchev–Trinajstić information content (AvgIpc) is 3.29. The van der Waals surface area contributed by atoms with Gasteiger partial charge in [0.25, 0.3) is 0 Å². The second kappa shape index (κ2) is 8.63. The Labute approximate surface area is 141 Å². The second-order valence-corrected chi connectivity index (χ2v) is 6.09. The maximum atomic E-state index is 11.9. The van der Waals surface area contributed by atoms with Gasteiger partial charge < -0.3 is 19.2 Å². The van der Waals surface area contributed by atoms with Crippen molar-refractivity contribution in [3.63, 3.8) is 0 Å². The van der Waals surface area contributed by atoms with E-state index in [1.165, 1.54) is 32.4 Å². The number of aryl methyl sites for hydroxylation is 1. The molecule has 0 atom stereocenters. The highest BCUT2D eigenvalue weighted by Crippen LogP contribution is 2.16.